The van der Waals surface area contributed by atoms with E-state index in [2.05, 4.69) is 15.3 Å². The molecule has 0 spiro atoms. The third kappa shape index (κ3) is 4.97. The van der Waals surface area contributed by atoms with Gasteiger partial charge in [0.2, 0.25) is 15.0 Å². The molecule has 0 atom stereocenters. The van der Waals surface area contributed by atoms with Gasteiger partial charge in [0.25, 0.3) is 11.6 Å². The molecule has 0 unspecified atom stereocenters. The van der Waals surface area contributed by atoms with E-state index in [4.69, 9.17) is 11.6 Å². The van der Waals surface area contributed by atoms with Gasteiger partial charge in [0.05, 0.1) is 21.9 Å². The zero-order valence-corrected chi connectivity index (χ0v) is 17.1. The number of nitro groups is 1. The van der Waals surface area contributed by atoms with Gasteiger partial charge in [0, 0.05) is 17.8 Å². The van der Waals surface area contributed by atoms with E-state index in [-0.39, 0.29) is 27.8 Å². The fourth-order valence-electron chi connectivity index (χ4n) is 2.63. The molecule has 11 heteroatoms. The third-order valence-corrected chi connectivity index (χ3v) is 5.71. The minimum absolute atomic E-state index is 0.132. The monoisotopic (exact) mass is 446 g/mol. The lowest BCUT2D eigenvalue weighted by molar-refractivity contribution is -0.384. The van der Waals surface area contributed by atoms with E-state index < -0.39 is 25.8 Å². The number of anilines is 1. The molecule has 0 aliphatic heterocycles. The summed E-state index contributed by atoms with van der Waals surface area (Å²) in [5.41, 5.74) is 1.00. The van der Waals surface area contributed by atoms with Crippen LogP contribution in [0.3, 0.4) is 0 Å². The number of non-ortho nitro benzene ring substituents is 1. The molecular weight excluding hydrogens is 432 g/mol. The second kappa shape index (κ2) is 8.56. The number of nitrogens with one attached hydrogen (secondary N) is 1. The SMILES string of the molecule is Cc1cccc(CS(=O)(=O)c2ncc(Cl)c(C(=O)Nc3cccc([N+](=O)[O-])c3)n2)c1. The molecule has 9 nitrogen and oxygen atoms in total. The molecule has 30 heavy (non-hydrogen) atoms. The molecule has 3 aromatic rings. The van der Waals surface area contributed by atoms with Crippen LogP contribution in [0.15, 0.2) is 59.9 Å². The normalized spacial score (nSPS) is 11.1. The van der Waals surface area contributed by atoms with Crippen LogP contribution in [-0.2, 0) is 15.6 Å². The number of rotatable bonds is 6. The van der Waals surface area contributed by atoms with Crippen LogP contribution in [0.25, 0.3) is 0 Å². The van der Waals surface area contributed by atoms with Crippen molar-refractivity contribution in [1.82, 2.24) is 9.97 Å². The predicted octanol–water partition coefficient (Wildman–Crippen LogP) is 3.57. The first kappa shape index (κ1) is 21.3. The highest BCUT2D eigenvalue weighted by Crippen LogP contribution is 2.21. The number of aryl methyl sites for hydroxylation is 1. The minimum atomic E-state index is -3.94. The minimum Gasteiger partial charge on any atom is -0.320 e. The zero-order valence-electron chi connectivity index (χ0n) is 15.6. The van der Waals surface area contributed by atoms with Crippen LogP contribution in [0.5, 0.6) is 0 Å². The highest BCUT2D eigenvalue weighted by atomic mass is 35.5. The molecule has 2 aromatic carbocycles. The summed E-state index contributed by atoms with van der Waals surface area (Å²) in [5.74, 6) is -1.17. The number of hydrogen-bond acceptors (Lipinski definition) is 7. The molecule has 0 aliphatic rings. The van der Waals surface area contributed by atoms with E-state index >= 15 is 0 Å². The molecule has 1 N–H and O–H groups in total. The maximum Gasteiger partial charge on any atom is 0.275 e. The maximum absolute atomic E-state index is 12.7. The predicted molar refractivity (Wildman–Crippen MR) is 110 cm³/mol. The Morgan fingerprint density at radius 1 is 1.20 bits per heavy atom. The molecule has 1 amide bonds. The Kier molecular flexibility index (Phi) is 6.09. The number of nitrogens with zero attached hydrogens (tertiary/aromatic N) is 3. The van der Waals surface area contributed by atoms with Crippen molar-refractivity contribution in [3.05, 3.63) is 86.7 Å². The van der Waals surface area contributed by atoms with Crippen LogP contribution in [0.1, 0.15) is 21.6 Å². The first-order chi connectivity index (χ1) is 14.2. The highest BCUT2D eigenvalue weighted by Gasteiger charge is 2.23. The van der Waals surface area contributed by atoms with E-state index in [9.17, 15) is 23.3 Å². The van der Waals surface area contributed by atoms with Crippen molar-refractivity contribution in [3.63, 3.8) is 0 Å². The van der Waals surface area contributed by atoms with Crippen molar-refractivity contribution in [2.75, 3.05) is 5.32 Å². The van der Waals surface area contributed by atoms with Gasteiger partial charge in [-0.3, -0.25) is 14.9 Å². The Balaban J connectivity index is 1.88. The summed E-state index contributed by atoms with van der Waals surface area (Å²) in [4.78, 5) is 30.4. The molecule has 1 aromatic heterocycles. The number of benzene rings is 2. The van der Waals surface area contributed by atoms with E-state index in [1.165, 1.54) is 18.2 Å². The summed E-state index contributed by atoms with van der Waals surface area (Å²) in [5, 5.41) is 12.6. The van der Waals surface area contributed by atoms with Crippen LogP contribution < -0.4 is 5.32 Å². The van der Waals surface area contributed by atoms with Crippen LogP contribution in [0, 0.1) is 17.0 Å². The summed E-state index contributed by atoms with van der Waals surface area (Å²) in [7, 11) is -3.94. The lowest BCUT2D eigenvalue weighted by atomic mass is 10.2. The Morgan fingerprint density at radius 3 is 2.63 bits per heavy atom. The summed E-state index contributed by atoms with van der Waals surface area (Å²) in [6.45, 7) is 1.84. The topological polar surface area (TPSA) is 132 Å². The number of carbonyl (C=O) groups is 1. The number of amides is 1. The van der Waals surface area contributed by atoms with Gasteiger partial charge in [-0.2, -0.15) is 0 Å². The molecule has 0 aliphatic carbocycles. The smallest absolute Gasteiger partial charge is 0.275 e. The van der Waals surface area contributed by atoms with E-state index in [1.54, 1.807) is 18.2 Å². The molecule has 154 valence electrons. The second-order valence-electron chi connectivity index (χ2n) is 6.36. The quantitative estimate of drug-likeness (QED) is 0.347. The fourth-order valence-corrected chi connectivity index (χ4v) is 4.00. The van der Waals surface area contributed by atoms with Crippen molar-refractivity contribution < 1.29 is 18.1 Å². The first-order valence-corrected chi connectivity index (χ1v) is 10.6. The standard InChI is InChI=1S/C19H15ClN4O5S/c1-12-4-2-5-13(8-12)11-30(28,29)19-21-10-16(20)17(23-19)18(25)22-14-6-3-7-15(9-14)24(26)27/h2-10H,11H2,1H3,(H,22,25). The average molecular weight is 447 g/mol. The fraction of sp³-hybridized carbons (Fsp3) is 0.105. The average Bonchev–Trinajstić information content (AvgIpc) is 2.68. The number of carbonyl (C=O) groups excluding carboxylic acids is 1. The van der Waals surface area contributed by atoms with E-state index in [0.717, 1.165) is 17.8 Å². The van der Waals surface area contributed by atoms with E-state index in [1.807, 2.05) is 13.0 Å². The Morgan fingerprint density at radius 2 is 1.93 bits per heavy atom. The van der Waals surface area contributed by atoms with E-state index in [0.29, 0.717) is 5.56 Å². The maximum atomic E-state index is 12.7. The first-order valence-electron chi connectivity index (χ1n) is 8.52. The van der Waals surface area contributed by atoms with Crippen LogP contribution in [-0.4, -0.2) is 29.2 Å². The number of aromatic nitrogens is 2. The molecule has 3 rings (SSSR count). The lowest BCUT2D eigenvalue weighted by Crippen LogP contribution is -2.18. The molecule has 0 saturated carbocycles. The van der Waals surface area contributed by atoms with Gasteiger partial charge in [-0.25, -0.2) is 18.4 Å². The molecule has 0 fully saturated rings. The lowest BCUT2D eigenvalue weighted by Gasteiger charge is -2.08. The van der Waals surface area contributed by atoms with Crippen LogP contribution >= 0.6 is 11.6 Å². The van der Waals surface area contributed by atoms with Gasteiger partial charge in [-0.15, -0.1) is 0 Å². The second-order valence-corrected chi connectivity index (χ2v) is 8.65. The number of halogens is 1. The van der Waals surface area contributed by atoms with Gasteiger partial charge < -0.3 is 5.32 Å². The van der Waals surface area contributed by atoms with Crippen LogP contribution in [0.4, 0.5) is 11.4 Å². The molecule has 1 heterocycles. The third-order valence-electron chi connectivity index (χ3n) is 3.97. The number of hydrogen-bond donors (Lipinski definition) is 1. The zero-order chi connectivity index (χ0) is 21.9. The molecule has 0 bridgehead atoms. The van der Waals surface area contributed by atoms with Gasteiger partial charge in [-0.05, 0) is 18.6 Å². The Labute approximate surface area is 176 Å². The summed E-state index contributed by atoms with van der Waals surface area (Å²) < 4.78 is 25.4. The molecular formula is C19H15ClN4O5S. The number of nitro benzene ring substituents is 1. The summed E-state index contributed by atoms with van der Waals surface area (Å²) >= 11 is 5.98. The largest absolute Gasteiger partial charge is 0.320 e. The van der Waals surface area contributed by atoms with Crippen molar-refractivity contribution in [2.45, 2.75) is 17.8 Å². The van der Waals surface area contributed by atoms with Gasteiger partial charge in [0.1, 0.15) is 0 Å². The Bertz CT molecular complexity index is 1250. The van der Waals surface area contributed by atoms with Crippen LogP contribution in [0.2, 0.25) is 5.02 Å². The summed E-state index contributed by atoms with van der Waals surface area (Å²) in [6, 6.07) is 12.2. The van der Waals surface area contributed by atoms with Gasteiger partial charge in [0.15, 0.2) is 5.69 Å². The summed E-state index contributed by atoms with van der Waals surface area (Å²) in [6.07, 6.45) is 1.03. The van der Waals surface area contributed by atoms with Crippen molar-refractivity contribution in [2.24, 2.45) is 0 Å². The number of sulfone groups is 1. The van der Waals surface area contributed by atoms with Gasteiger partial charge >= 0.3 is 0 Å². The van der Waals surface area contributed by atoms with Crippen molar-refractivity contribution >= 4 is 38.7 Å². The Hall–Kier alpha value is -3.37. The molecule has 0 saturated heterocycles. The highest BCUT2D eigenvalue weighted by molar-refractivity contribution is 7.90. The van der Waals surface area contributed by atoms with Crippen molar-refractivity contribution in [3.8, 4) is 0 Å². The van der Waals surface area contributed by atoms with Crippen molar-refractivity contribution in [1.29, 1.82) is 0 Å². The van der Waals surface area contributed by atoms with Gasteiger partial charge in [-0.1, -0.05) is 47.5 Å². The molecule has 0 radical (unpaired) electrons.